The molecule has 0 spiro atoms. The van der Waals surface area contributed by atoms with Crippen LogP contribution in [0.25, 0.3) is 10.6 Å². The van der Waals surface area contributed by atoms with E-state index in [1.807, 2.05) is 0 Å². The molecule has 0 saturated carbocycles. The molecule has 2 heterocycles. The Morgan fingerprint density at radius 3 is 2.14 bits per heavy atom. The number of nitrogens with one attached hydrogen (secondary N) is 1. The highest BCUT2D eigenvalue weighted by atomic mass is 32.1. The van der Waals surface area contributed by atoms with Crippen LogP contribution in [0.15, 0.2) is 48.7 Å². The first-order valence-electron chi connectivity index (χ1n) is 7.54. The third kappa shape index (κ3) is 4.30. The minimum Gasteiger partial charge on any atom is -0.306 e. The van der Waals surface area contributed by atoms with Gasteiger partial charge in [0.25, 0.3) is 5.91 Å². The number of hydrogen-bond acceptors (Lipinski definition) is 4. The molecule has 0 aliphatic rings. The molecule has 4 nitrogen and oxygen atoms in total. The lowest BCUT2D eigenvalue weighted by Crippen LogP contribution is -2.18. The van der Waals surface area contributed by atoms with Crippen LogP contribution >= 0.6 is 11.3 Å². The topological polar surface area (TPSA) is 54.9 Å². The van der Waals surface area contributed by atoms with Crippen molar-refractivity contribution in [2.45, 2.75) is 12.4 Å². The zero-order valence-electron chi connectivity index (χ0n) is 13.6. The number of nitrogens with zero attached hydrogens (tertiary/aromatic N) is 2. The molecule has 0 bridgehead atoms. The number of rotatable bonds is 3. The molecule has 0 saturated heterocycles. The van der Waals surface area contributed by atoms with Gasteiger partial charge in [0, 0.05) is 11.8 Å². The Kier molecular flexibility index (Phi) is 5.11. The maximum atomic E-state index is 13.3. The zero-order chi connectivity index (χ0) is 20.5. The van der Waals surface area contributed by atoms with Gasteiger partial charge in [-0.25, -0.2) is 9.97 Å². The van der Waals surface area contributed by atoms with Crippen molar-refractivity contribution in [2.24, 2.45) is 0 Å². The van der Waals surface area contributed by atoms with Gasteiger partial charge in [-0.1, -0.05) is 30.3 Å². The summed E-state index contributed by atoms with van der Waals surface area (Å²) in [6.07, 6.45) is -9.03. The molecule has 0 fully saturated rings. The van der Waals surface area contributed by atoms with Crippen LogP contribution in [0.2, 0.25) is 0 Å². The molecule has 3 aromatic rings. The monoisotopic (exact) mass is 417 g/mol. The number of hydrogen-bond donors (Lipinski definition) is 1. The van der Waals surface area contributed by atoms with E-state index in [-0.39, 0.29) is 10.8 Å². The molecule has 1 N–H and O–H groups in total. The van der Waals surface area contributed by atoms with Crippen LogP contribution in [0.3, 0.4) is 0 Å². The van der Waals surface area contributed by atoms with Gasteiger partial charge >= 0.3 is 12.4 Å². The number of alkyl halides is 6. The number of anilines is 1. The molecule has 2 aromatic heterocycles. The van der Waals surface area contributed by atoms with E-state index in [9.17, 15) is 31.1 Å². The third-order valence-electron chi connectivity index (χ3n) is 3.46. The number of pyridine rings is 1. The van der Waals surface area contributed by atoms with Gasteiger partial charge in [-0.05, 0) is 12.1 Å². The second-order valence-corrected chi connectivity index (χ2v) is 6.44. The molecule has 1 aromatic carbocycles. The molecule has 28 heavy (non-hydrogen) atoms. The fourth-order valence-electron chi connectivity index (χ4n) is 2.18. The van der Waals surface area contributed by atoms with E-state index in [2.05, 4.69) is 15.3 Å². The van der Waals surface area contributed by atoms with Gasteiger partial charge < -0.3 is 5.32 Å². The Balaban J connectivity index is 1.91. The van der Waals surface area contributed by atoms with Gasteiger partial charge in [0.1, 0.15) is 15.7 Å². The summed E-state index contributed by atoms with van der Waals surface area (Å²) < 4.78 is 77.5. The van der Waals surface area contributed by atoms with Gasteiger partial charge in [-0.3, -0.25) is 4.79 Å². The molecule has 11 heteroatoms. The molecular weight excluding hydrogens is 408 g/mol. The number of amides is 1. The summed E-state index contributed by atoms with van der Waals surface area (Å²) >= 11 is 0.523. The van der Waals surface area contributed by atoms with Crippen LogP contribution in [0.1, 0.15) is 20.9 Å². The lowest BCUT2D eigenvalue weighted by molar-refractivity contribution is -0.141. The van der Waals surface area contributed by atoms with Crippen molar-refractivity contribution in [3.63, 3.8) is 0 Å². The third-order valence-corrected chi connectivity index (χ3v) is 4.56. The van der Waals surface area contributed by atoms with E-state index in [1.54, 1.807) is 18.2 Å². The van der Waals surface area contributed by atoms with Crippen molar-refractivity contribution >= 4 is 23.1 Å². The number of benzene rings is 1. The summed E-state index contributed by atoms with van der Waals surface area (Å²) in [5.74, 6) is -1.49. The zero-order valence-corrected chi connectivity index (χ0v) is 14.4. The molecular formula is C17H9F6N3OS. The van der Waals surface area contributed by atoms with Crippen LogP contribution in [0.5, 0.6) is 0 Å². The quantitative estimate of drug-likeness (QED) is 0.573. The van der Waals surface area contributed by atoms with E-state index in [0.29, 0.717) is 29.2 Å². The first kappa shape index (κ1) is 19.8. The van der Waals surface area contributed by atoms with Crippen molar-refractivity contribution in [1.29, 1.82) is 0 Å². The number of carbonyl (C=O) groups is 1. The molecule has 0 aliphatic carbocycles. The number of thiazole rings is 1. The van der Waals surface area contributed by atoms with Crippen LogP contribution in [-0.2, 0) is 12.4 Å². The first-order valence-corrected chi connectivity index (χ1v) is 8.35. The Morgan fingerprint density at radius 1 is 0.929 bits per heavy atom. The summed E-state index contributed by atoms with van der Waals surface area (Å²) in [6, 6.07) is 9.48. The van der Waals surface area contributed by atoms with Crippen molar-refractivity contribution in [1.82, 2.24) is 9.97 Å². The second kappa shape index (κ2) is 7.23. The smallest absolute Gasteiger partial charge is 0.306 e. The fraction of sp³-hybridized carbons (Fsp3) is 0.118. The van der Waals surface area contributed by atoms with Gasteiger partial charge in [-0.15, -0.1) is 11.3 Å². The first-order chi connectivity index (χ1) is 13.1. The van der Waals surface area contributed by atoms with Crippen molar-refractivity contribution < 1.29 is 31.1 Å². The minimum absolute atomic E-state index is 0.0153. The molecule has 0 radical (unpaired) electrons. The summed E-state index contributed by atoms with van der Waals surface area (Å²) in [7, 11) is 0. The predicted molar refractivity (Wildman–Crippen MR) is 89.7 cm³/mol. The van der Waals surface area contributed by atoms with E-state index in [4.69, 9.17) is 0 Å². The largest absolute Gasteiger partial charge is 0.435 e. The molecule has 3 rings (SSSR count). The van der Waals surface area contributed by atoms with Crippen molar-refractivity contribution in [3.05, 3.63) is 64.8 Å². The Bertz CT molecular complexity index is 981. The summed E-state index contributed by atoms with van der Waals surface area (Å²) in [4.78, 5) is 18.5. The maximum absolute atomic E-state index is 13.3. The molecule has 1 amide bonds. The normalized spacial score (nSPS) is 12.1. The highest BCUT2D eigenvalue weighted by Gasteiger charge is 2.40. The van der Waals surface area contributed by atoms with Gasteiger partial charge in [0.2, 0.25) is 0 Å². The van der Waals surface area contributed by atoms with E-state index < -0.39 is 34.4 Å². The SMILES string of the molecule is O=C(Nc1ccc(C(F)(F)F)cn1)c1sc(-c2ccccc2)nc1C(F)(F)F. The standard InChI is InChI=1S/C17H9F6N3OS/c18-16(19,20)10-6-7-11(24-8-10)25-14(27)12-13(17(21,22)23)26-15(28-12)9-4-2-1-3-5-9/h1-8H,(H,24,25,27). The van der Waals surface area contributed by atoms with E-state index in [1.165, 1.54) is 12.1 Å². The Morgan fingerprint density at radius 2 is 1.61 bits per heavy atom. The van der Waals surface area contributed by atoms with Crippen LogP contribution in [0, 0.1) is 0 Å². The van der Waals surface area contributed by atoms with E-state index >= 15 is 0 Å². The summed E-state index contributed by atoms with van der Waals surface area (Å²) in [6.45, 7) is 0. The van der Waals surface area contributed by atoms with Crippen molar-refractivity contribution in [2.75, 3.05) is 5.32 Å². The van der Waals surface area contributed by atoms with Gasteiger partial charge in [0.05, 0.1) is 5.56 Å². The maximum Gasteiger partial charge on any atom is 0.435 e. The number of aromatic nitrogens is 2. The predicted octanol–water partition coefficient (Wildman–Crippen LogP) is 5.50. The van der Waals surface area contributed by atoms with Gasteiger partial charge in [-0.2, -0.15) is 26.3 Å². The average Bonchev–Trinajstić information content (AvgIpc) is 3.08. The molecule has 0 unspecified atom stereocenters. The van der Waals surface area contributed by atoms with Crippen molar-refractivity contribution in [3.8, 4) is 10.6 Å². The molecule has 0 atom stereocenters. The highest BCUT2D eigenvalue weighted by molar-refractivity contribution is 7.17. The second-order valence-electron chi connectivity index (χ2n) is 5.44. The number of halogens is 6. The minimum atomic E-state index is -4.89. The van der Waals surface area contributed by atoms with E-state index in [0.717, 1.165) is 6.07 Å². The van der Waals surface area contributed by atoms with Crippen LogP contribution in [0.4, 0.5) is 32.2 Å². The highest BCUT2D eigenvalue weighted by Crippen LogP contribution is 2.38. The summed E-state index contributed by atoms with van der Waals surface area (Å²) in [5, 5.41) is 2.05. The number of carbonyl (C=O) groups excluding carboxylic acids is 1. The van der Waals surface area contributed by atoms with Crippen LogP contribution in [-0.4, -0.2) is 15.9 Å². The Hall–Kier alpha value is -2.95. The Labute approximate surface area is 157 Å². The van der Waals surface area contributed by atoms with Gasteiger partial charge in [0.15, 0.2) is 5.69 Å². The lowest BCUT2D eigenvalue weighted by Gasteiger charge is -2.08. The fourth-order valence-corrected chi connectivity index (χ4v) is 3.16. The molecule has 0 aliphatic heterocycles. The molecule has 146 valence electrons. The summed E-state index contributed by atoms with van der Waals surface area (Å²) in [5.41, 5.74) is -2.03. The average molecular weight is 417 g/mol. The van der Waals surface area contributed by atoms with Crippen LogP contribution < -0.4 is 5.32 Å². The lowest BCUT2D eigenvalue weighted by atomic mass is 10.2.